The molecular weight excluding hydrogens is 366 g/mol. The number of nitro benzene ring substituents is 1. The van der Waals surface area contributed by atoms with Crippen LogP contribution in [0.5, 0.6) is 0 Å². The van der Waals surface area contributed by atoms with Crippen molar-refractivity contribution in [3.05, 3.63) is 34.4 Å². The minimum Gasteiger partial charge on any atom is -0.451 e. The first kappa shape index (κ1) is 19.8. The highest BCUT2D eigenvalue weighted by Gasteiger charge is 2.38. The van der Waals surface area contributed by atoms with Crippen molar-refractivity contribution in [3.8, 4) is 0 Å². The molecule has 1 aromatic carbocycles. The predicted octanol–water partition coefficient (Wildman–Crippen LogP) is 0.889. The number of hydrogen-bond acceptors (Lipinski definition) is 7. The van der Waals surface area contributed by atoms with Gasteiger partial charge in [-0.3, -0.25) is 19.7 Å². The lowest BCUT2D eigenvalue weighted by molar-refractivity contribution is -0.384. The van der Waals surface area contributed by atoms with Crippen LogP contribution in [0.1, 0.15) is 19.8 Å². The van der Waals surface area contributed by atoms with Gasteiger partial charge in [-0.05, 0) is 31.9 Å². The summed E-state index contributed by atoms with van der Waals surface area (Å²) in [6, 6.07) is 4.24. The molecule has 142 valence electrons. The van der Waals surface area contributed by atoms with E-state index in [1.54, 1.807) is 0 Å². The van der Waals surface area contributed by atoms with Gasteiger partial charge in [0.15, 0.2) is 6.10 Å². The van der Waals surface area contributed by atoms with E-state index in [9.17, 15) is 28.1 Å². The number of benzene rings is 1. The van der Waals surface area contributed by atoms with Crippen LogP contribution in [0.4, 0.5) is 11.4 Å². The summed E-state index contributed by atoms with van der Waals surface area (Å²) >= 11 is 0. The molecule has 0 aromatic heterocycles. The van der Waals surface area contributed by atoms with Crippen LogP contribution < -0.4 is 5.32 Å². The second-order valence-corrected chi connectivity index (χ2v) is 7.84. The maximum Gasteiger partial charge on any atom is 0.325 e. The molecule has 2 atom stereocenters. The van der Waals surface area contributed by atoms with Crippen LogP contribution in [-0.4, -0.2) is 54.5 Å². The molecule has 1 fully saturated rings. The van der Waals surface area contributed by atoms with E-state index >= 15 is 0 Å². The molecule has 1 heterocycles. The first-order valence-corrected chi connectivity index (χ1v) is 9.67. The van der Waals surface area contributed by atoms with Gasteiger partial charge in [-0.25, -0.2) is 8.42 Å². The number of sulfonamides is 1. The van der Waals surface area contributed by atoms with Crippen LogP contribution in [0.2, 0.25) is 0 Å². The number of ether oxygens (including phenoxy) is 1. The first-order valence-electron chi connectivity index (χ1n) is 7.82. The van der Waals surface area contributed by atoms with E-state index in [1.165, 1.54) is 31.2 Å². The van der Waals surface area contributed by atoms with Crippen molar-refractivity contribution in [1.29, 1.82) is 0 Å². The zero-order chi connectivity index (χ0) is 19.5. The Morgan fingerprint density at radius 1 is 1.35 bits per heavy atom. The topological polar surface area (TPSA) is 136 Å². The second-order valence-electron chi connectivity index (χ2n) is 5.90. The first-order chi connectivity index (χ1) is 12.1. The van der Waals surface area contributed by atoms with Crippen molar-refractivity contribution in [1.82, 2.24) is 4.31 Å². The quantitative estimate of drug-likeness (QED) is 0.436. The van der Waals surface area contributed by atoms with E-state index in [-0.39, 0.29) is 12.2 Å². The Balaban J connectivity index is 1.96. The van der Waals surface area contributed by atoms with Gasteiger partial charge in [0.1, 0.15) is 6.04 Å². The molecule has 1 N–H and O–H groups in total. The van der Waals surface area contributed by atoms with Crippen molar-refractivity contribution in [2.45, 2.75) is 31.9 Å². The van der Waals surface area contributed by atoms with Crippen LogP contribution in [0.25, 0.3) is 0 Å². The molecule has 2 rings (SSSR count). The third kappa shape index (κ3) is 4.76. The molecule has 0 spiro atoms. The van der Waals surface area contributed by atoms with Crippen molar-refractivity contribution in [3.63, 3.8) is 0 Å². The van der Waals surface area contributed by atoms with Crippen molar-refractivity contribution >= 4 is 33.3 Å². The fraction of sp³-hybridized carbons (Fsp3) is 0.467. The van der Waals surface area contributed by atoms with Gasteiger partial charge in [0.2, 0.25) is 10.0 Å². The zero-order valence-electron chi connectivity index (χ0n) is 14.2. The smallest absolute Gasteiger partial charge is 0.325 e. The lowest BCUT2D eigenvalue weighted by Crippen LogP contribution is -2.43. The van der Waals surface area contributed by atoms with Gasteiger partial charge in [-0.2, -0.15) is 4.31 Å². The molecule has 1 aliphatic rings. The van der Waals surface area contributed by atoms with E-state index in [0.717, 1.165) is 10.6 Å². The van der Waals surface area contributed by atoms with Gasteiger partial charge in [0.25, 0.3) is 11.6 Å². The molecule has 10 nitrogen and oxygen atoms in total. The summed E-state index contributed by atoms with van der Waals surface area (Å²) in [5.74, 6) is -1.41. The Morgan fingerprint density at radius 3 is 2.50 bits per heavy atom. The average molecular weight is 385 g/mol. The molecule has 0 radical (unpaired) electrons. The van der Waals surface area contributed by atoms with E-state index in [1.807, 2.05) is 0 Å². The fourth-order valence-electron chi connectivity index (χ4n) is 2.59. The standard InChI is InChI=1S/C15H19N3O7S/c1-10(14(19)16-11-5-7-12(8-6-11)18(21)22)25-15(20)13-4-3-9-17(13)26(2,23)24/h5-8,10,13H,3-4,9H2,1-2H3,(H,16,19). The van der Waals surface area contributed by atoms with Gasteiger partial charge in [-0.15, -0.1) is 0 Å². The maximum atomic E-state index is 12.2. The normalized spacial score (nSPS) is 18.9. The number of anilines is 1. The lowest BCUT2D eigenvalue weighted by Gasteiger charge is -2.22. The number of amides is 1. The van der Waals surface area contributed by atoms with Crippen LogP contribution in [0.3, 0.4) is 0 Å². The van der Waals surface area contributed by atoms with Gasteiger partial charge in [0, 0.05) is 24.4 Å². The summed E-state index contributed by atoms with van der Waals surface area (Å²) in [7, 11) is -3.54. The minimum absolute atomic E-state index is 0.121. The highest BCUT2D eigenvalue weighted by atomic mass is 32.2. The monoisotopic (exact) mass is 385 g/mol. The summed E-state index contributed by atoms with van der Waals surface area (Å²) in [6.45, 7) is 1.60. The summed E-state index contributed by atoms with van der Waals surface area (Å²) in [6.07, 6.45) is 0.738. The number of esters is 1. The Bertz CT molecular complexity index is 807. The molecule has 26 heavy (non-hydrogen) atoms. The Labute approximate surface area is 150 Å². The van der Waals surface area contributed by atoms with Crippen LogP contribution in [0, 0.1) is 10.1 Å². The number of nitro groups is 1. The zero-order valence-corrected chi connectivity index (χ0v) is 15.1. The number of rotatable bonds is 6. The van der Waals surface area contributed by atoms with Gasteiger partial charge in [0.05, 0.1) is 11.2 Å². The van der Waals surface area contributed by atoms with Crippen LogP contribution in [0.15, 0.2) is 24.3 Å². The van der Waals surface area contributed by atoms with Gasteiger partial charge < -0.3 is 10.1 Å². The molecule has 1 aromatic rings. The average Bonchev–Trinajstić information content (AvgIpc) is 3.05. The van der Waals surface area contributed by atoms with E-state index in [4.69, 9.17) is 4.74 Å². The molecule has 0 bridgehead atoms. The van der Waals surface area contributed by atoms with Crippen LogP contribution >= 0.6 is 0 Å². The highest BCUT2D eigenvalue weighted by molar-refractivity contribution is 7.88. The number of carbonyl (C=O) groups is 2. The van der Waals surface area contributed by atoms with Gasteiger partial charge in [-0.1, -0.05) is 0 Å². The largest absolute Gasteiger partial charge is 0.451 e. The molecule has 1 saturated heterocycles. The number of nitrogens with one attached hydrogen (secondary N) is 1. The third-order valence-corrected chi connectivity index (χ3v) is 5.20. The minimum atomic E-state index is -3.54. The highest BCUT2D eigenvalue weighted by Crippen LogP contribution is 2.22. The fourth-order valence-corrected chi connectivity index (χ4v) is 3.70. The Kier molecular flexibility index (Phi) is 5.93. The van der Waals surface area contributed by atoms with Crippen molar-refractivity contribution in [2.75, 3.05) is 18.1 Å². The lowest BCUT2D eigenvalue weighted by atomic mass is 10.2. The Hall–Kier alpha value is -2.53. The van der Waals surface area contributed by atoms with Crippen LogP contribution in [-0.2, 0) is 24.3 Å². The van der Waals surface area contributed by atoms with Crippen molar-refractivity contribution in [2.24, 2.45) is 0 Å². The number of nitrogens with zero attached hydrogens (tertiary/aromatic N) is 2. The van der Waals surface area contributed by atoms with E-state index < -0.39 is 39.0 Å². The summed E-state index contributed by atoms with van der Waals surface area (Å²) in [5.41, 5.74) is 0.187. The summed E-state index contributed by atoms with van der Waals surface area (Å²) in [4.78, 5) is 34.3. The molecule has 1 aliphatic heterocycles. The molecular formula is C15H19N3O7S. The SMILES string of the molecule is CC(OC(=O)C1CCCN1S(C)(=O)=O)C(=O)Nc1ccc([N+](=O)[O-])cc1. The molecule has 11 heteroatoms. The van der Waals surface area contributed by atoms with Gasteiger partial charge >= 0.3 is 5.97 Å². The third-order valence-electron chi connectivity index (χ3n) is 3.91. The second kappa shape index (κ2) is 7.79. The number of non-ortho nitro benzene ring substituents is 1. The Morgan fingerprint density at radius 2 is 1.96 bits per heavy atom. The summed E-state index contributed by atoms with van der Waals surface area (Å²) < 4.78 is 29.5. The number of hydrogen-bond donors (Lipinski definition) is 1. The molecule has 2 unspecified atom stereocenters. The number of carbonyl (C=O) groups excluding carboxylic acids is 2. The summed E-state index contributed by atoms with van der Waals surface area (Å²) in [5, 5.41) is 13.1. The van der Waals surface area contributed by atoms with E-state index in [2.05, 4.69) is 5.32 Å². The van der Waals surface area contributed by atoms with Crippen molar-refractivity contribution < 1.29 is 27.7 Å². The molecule has 1 amide bonds. The molecule has 0 aliphatic carbocycles. The predicted molar refractivity (Wildman–Crippen MR) is 91.9 cm³/mol. The van der Waals surface area contributed by atoms with E-state index in [0.29, 0.717) is 18.5 Å². The molecule has 0 saturated carbocycles. The maximum absolute atomic E-state index is 12.2.